The normalized spacial score (nSPS) is 38.1. The van der Waals surface area contributed by atoms with Crippen LogP contribution in [0.3, 0.4) is 0 Å². The lowest BCUT2D eigenvalue weighted by Crippen LogP contribution is -2.25. The molecule has 0 aliphatic heterocycles. The molecule has 3 atom stereocenters. The van der Waals surface area contributed by atoms with Crippen molar-refractivity contribution < 1.29 is 10.2 Å². The van der Waals surface area contributed by atoms with E-state index in [2.05, 4.69) is 26.5 Å². The first kappa shape index (κ1) is 14.5. The first-order valence-electron chi connectivity index (χ1n) is 6.59. The van der Waals surface area contributed by atoms with Gasteiger partial charge in [0.05, 0.1) is 11.7 Å². The van der Waals surface area contributed by atoms with Crippen LogP contribution in [0.1, 0.15) is 46.5 Å². The van der Waals surface area contributed by atoms with Gasteiger partial charge in [0.25, 0.3) is 0 Å². The van der Waals surface area contributed by atoms with Crippen LogP contribution in [0.5, 0.6) is 0 Å². The maximum Gasteiger partial charge on any atom is 0.0800 e. The monoisotopic (exact) mass is 238 g/mol. The predicted octanol–water partition coefficient (Wildman–Crippen LogP) is 3.06. The van der Waals surface area contributed by atoms with Crippen LogP contribution in [-0.2, 0) is 0 Å². The molecular formula is C15H26O2. The Morgan fingerprint density at radius 1 is 1.41 bits per heavy atom. The summed E-state index contributed by atoms with van der Waals surface area (Å²) in [5.41, 5.74) is 0.0906. The second kappa shape index (κ2) is 5.83. The van der Waals surface area contributed by atoms with Crippen LogP contribution >= 0.6 is 0 Å². The van der Waals surface area contributed by atoms with Gasteiger partial charge >= 0.3 is 0 Å². The van der Waals surface area contributed by atoms with Crippen molar-refractivity contribution in [1.82, 2.24) is 0 Å². The summed E-state index contributed by atoms with van der Waals surface area (Å²) in [5, 5.41) is 20.1. The molecular weight excluding hydrogens is 212 g/mol. The van der Waals surface area contributed by atoms with E-state index in [0.29, 0.717) is 24.7 Å². The van der Waals surface area contributed by atoms with Crippen LogP contribution in [0.25, 0.3) is 0 Å². The zero-order valence-electron chi connectivity index (χ0n) is 11.3. The van der Waals surface area contributed by atoms with Crippen molar-refractivity contribution in [3.63, 3.8) is 0 Å². The summed E-state index contributed by atoms with van der Waals surface area (Å²) in [5.74, 6) is 0.995. The molecule has 2 heteroatoms. The number of rotatable bonds is 1. The van der Waals surface area contributed by atoms with Crippen LogP contribution in [0, 0.1) is 11.8 Å². The average Bonchev–Trinajstić information content (AvgIpc) is 2.24. The van der Waals surface area contributed by atoms with E-state index in [-0.39, 0.29) is 0 Å². The lowest BCUT2D eigenvalue weighted by atomic mass is 9.84. The summed E-state index contributed by atoms with van der Waals surface area (Å²) in [7, 11) is 0. The van der Waals surface area contributed by atoms with Gasteiger partial charge in [0.15, 0.2) is 0 Å². The van der Waals surface area contributed by atoms with E-state index in [1.807, 2.05) is 6.08 Å². The van der Waals surface area contributed by atoms with Gasteiger partial charge in [-0.1, -0.05) is 32.6 Å². The minimum absolute atomic E-state index is 0.448. The van der Waals surface area contributed by atoms with Gasteiger partial charge in [0.2, 0.25) is 0 Å². The van der Waals surface area contributed by atoms with E-state index in [1.54, 1.807) is 6.92 Å². The second-order valence-corrected chi connectivity index (χ2v) is 5.88. The van der Waals surface area contributed by atoms with Crippen LogP contribution < -0.4 is 0 Å². The molecule has 0 saturated heterocycles. The summed E-state index contributed by atoms with van der Waals surface area (Å²) in [6.45, 7) is 10.1. The van der Waals surface area contributed by atoms with Gasteiger partial charge in [0.1, 0.15) is 0 Å². The van der Waals surface area contributed by atoms with Crippen LogP contribution in [-0.4, -0.2) is 21.9 Å². The largest absolute Gasteiger partial charge is 0.389 e. The Kier molecular flexibility index (Phi) is 4.96. The molecule has 0 aromatic heterocycles. The molecule has 2 N–H and O–H groups in total. The summed E-state index contributed by atoms with van der Waals surface area (Å²) < 4.78 is 0. The van der Waals surface area contributed by atoms with Crippen LogP contribution in [0.15, 0.2) is 24.3 Å². The summed E-state index contributed by atoms with van der Waals surface area (Å²) in [4.78, 5) is 0. The molecule has 2 nitrogen and oxygen atoms in total. The van der Waals surface area contributed by atoms with E-state index in [0.717, 1.165) is 18.4 Å². The lowest BCUT2D eigenvalue weighted by Gasteiger charge is -2.26. The number of aliphatic hydroxyl groups is 2. The molecule has 0 fully saturated rings. The quantitative estimate of drug-likeness (QED) is 0.689. The molecule has 1 rings (SSSR count). The van der Waals surface area contributed by atoms with Gasteiger partial charge in [-0.25, -0.2) is 0 Å². The van der Waals surface area contributed by atoms with Gasteiger partial charge in [0, 0.05) is 0 Å². The fraction of sp³-hybridized carbons (Fsp3) is 0.733. The Bertz CT molecular complexity index is 289. The molecule has 0 aromatic rings. The maximum atomic E-state index is 10.2. The fourth-order valence-corrected chi connectivity index (χ4v) is 2.22. The van der Waals surface area contributed by atoms with Crippen molar-refractivity contribution in [2.75, 3.05) is 0 Å². The Balaban J connectivity index is 2.83. The van der Waals surface area contributed by atoms with Gasteiger partial charge in [-0.3, -0.25) is 0 Å². The zero-order valence-corrected chi connectivity index (χ0v) is 11.3. The van der Waals surface area contributed by atoms with Crippen molar-refractivity contribution in [2.45, 2.75) is 58.2 Å². The van der Waals surface area contributed by atoms with E-state index < -0.39 is 11.7 Å². The molecule has 0 amide bonds. The fourth-order valence-electron chi connectivity index (χ4n) is 2.22. The second-order valence-electron chi connectivity index (χ2n) is 5.88. The highest BCUT2D eigenvalue weighted by Crippen LogP contribution is 2.27. The highest BCUT2D eigenvalue weighted by Gasteiger charge is 2.23. The lowest BCUT2D eigenvalue weighted by molar-refractivity contribution is 0.0781. The number of aliphatic hydroxyl groups excluding tert-OH is 1. The van der Waals surface area contributed by atoms with Gasteiger partial charge in [-0.05, 0) is 50.0 Å². The molecule has 1 aliphatic carbocycles. The SMILES string of the molecule is C=C1CC[C@H](C(C)C)/C=C/[C@@](C)(O)CC[C@@H]1O. The third kappa shape index (κ3) is 4.64. The Labute approximate surface area is 105 Å². The Morgan fingerprint density at radius 3 is 2.65 bits per heavy atom. The van der Waals surface area contributed by atoms with E-state index >= 15 is 0 Å². The molecule has 0 heterocycles. The standard InChI is InChI=1S/C15H26O2/c1-11(2)13-6-5-12(3)14(16)8-10-15(4,17)9-7-13/h7,9,11,13-14,16-17H,3,5-6,8,10H2,1-2,4H3/b9-7+/t13-,14-,15+/m0/s1. The number of hydrogen-bond donors (Lipinski definition) is 2. The highest BCUT2D eigenvalue weighted by atomic mass is 16.3. The van der Waals surface area contributed by atoms with Crippen LogP contribution in [0.2, 0.25) is 0 Å². The minimum Gasteiger partial charge on any atom is -0.389 e. The molecule has 0 aromatic carbocycles. The summed E-state index contributed by atoms with van der Waals surface area (Å²) in [6, 6.07) is 0. The molecule has 0 unspecified atom stereocenters. The smallest absolute Gasteiger partial charge is 0.0800 e. The predicted molar refractivity (Wildman–Crippen MR) is 71.7 cm³/mol. The Hall–Kier alpha value is -0.600. The molecule has 1 aliphatic rings. The first-order chi connectivity index (χ1) is 7.82. The molecule has 0 spiro atoms. The third-order valence-electron chi connectivity index (χ3n) is 3.75. The molecule has 0 bridgehead atoms. The summed E-state index contributed by atoms with van der Waals surface area (Å²) in [6.07, 6.45) is 6.60. The molecule has 17 heavy (non-hydrogen) atoms. The molecule has 0 saturated carbocycles. The van der Waals surface area contributed by atoms with Gasteiger partial charge < -0.3 is 10.2 Å². The zero-order chi connectivity index (χ0) is 13.1. The van der Waals surface area contributed by atoms with Crippen molar-refractivity contribution in [2.24, 2.45) is 11.8 Å². The van der Waals surface area contributed by atoms with Crippen molar-refractivity contribution >= 4 is 0 Å². The van der Waals surface area contributed by atoms with Crippen LogP contribution in [0.4, 0.5) is 0 Å². The first-order valence-corrected chi connectivity index (χ1v) is 6.59. The number of allylic oxidation sites excluding steroid dienone is 1. The third-order valence-corrected chi connectivity index (χ3v) is 3.75. The summed E-state index contributed by atoms with van der Waals surface area (Å²) >= 11 is 0. The molecule has 0 radical (unpaired) electrons. The topological polar surface area (TPSA) is 40.5 Å². The van der Waals surface area contributed by atoms with Crippen molar-refractivity contribution in [3.05, 3.63) is 24.3 Å². The molecule has 98 valence electrons. The van der Waals surface area contributed by atoms with Crippen molar-refractivity contribution in [1.29, 1.82) is 0 Å². The van der Waals surface area contributed by atoms with E-state index in [4.69, 9.17) is 0 Å². The van der Waals surface area contributed by atoms with Crippen molar-refractivity contribution in [3.8, 4) is 0 Å². The highest BCUT2D eigenvalue weighted by molar-refractivity contribution is 5.08. The van der Waals surface area contributed by atoms with Gasteiger partial charge in [-0.15, -0.1) is 0 Å². The van der Waals surface area contributed by atoms with Gasteiger partial charge in [-0.2, -0.15) is 0 Å². The minimum atomic E-state index is -0.814. The number of hydrogen-bond acceptors (Lipinski definition) is 2. The maximum absolute atomic E-state index is 10.2. The van der Waals surface area contributed by atoms with E-state index in [1.165, 1.54) is 0 Å². The van der Waals surface area contributed by atoms with E-state index in [9.17, 15) is 10.2 Å². The Morgan fingerprint density at radius 2 is 2.06 bits per heavy atom. The average molecular weight is 238 g/mol.